The van der Waals surface area contributed by atoms with Gasteiger partial charge in [-0.1, -0.05) is 53.4 Å². The molecule has 0 saturated heterocycles. The Morgan fingerprint density at radius 1 is 0.875 bits per heavy atom. The molecule has 0 radical (unpaired) electrons. The third-order valence-corrected chi connectivity index (χ3v) is 3.70. The molecule has 0 aliphatic rings. The van der Waals surface area contributed by atoms with Crippen LogP contribution >= 0.6 is 0 Å². The average Bonchev–Trinajstić information content (AvgIpc) is 2.28. The van der Waals surface area contributed by atoms with Gasteiger partial charge in [-0.2, -0.15) is 0 Å². The van der Waals surface area contributed by atoms with Gasteiger partial charge < -0.3 is 0 Å². The van der Waals surface area contributed by atoms with E-state index in [-0.39, 0.29) is 0 Å². The van der Waals surface area contributed by atoms with Gasteiger partial charge in [0, 0.05) is 12.8 Å². The van der Waals surface area contributed by atoms with Gasteiger partial charge in [-0.05, 0) is 24.7 Å². The first-order valence-electron chi connectivity index (χ1n) is 7.11. The highest BCUT2D eigenvalue weighted by molar-refractivity contribution is 5.78. The van der Waals surface area contributed by atoms with Crippen molar-refractivity contribution in [2.24, 2.45) is 11.8 Å². The Balaban J connectivity index is 3.38. The van der Waals surface area contributed by atoms with Crippen molar-refractivity contribution in [2.75, 3.05) is 0 Å². The third-order valence-electron chi connectivity index (χ3n) is 3.70. The molecule has 2 unspecified atom stereocenters. The van der Waals surface area contributed by atoms with Crippen molar-refractivity contribution in [3.63, 3.8) is 0 Å². The van der Waals surface area contributed by atoms with Gasteiger partial charge in [0.25, 0.3) is 0 Å². The molecule has 0 aromatic rings. The Labute approximate surface area is 102 Å². The average molecular weight is 226 g/mol. The van der Waals surface area contributed by atoms with E-state index in [0.29, 0.717) is 5.78 Å². The van der Waals surface area contributed by atoms with Crippen molar-refractivity contribution in [1.82, 2.24) is 0 Å². The molecule has 96 valence electrons. The van der Waals surface area contributed by atoms with E-state index < -0.39 is 0 Å². The van der Waals surface area contributed by atoms with Crippen molar-refractivity contribution in [2.45, 2.75) is 79.1 Å². The maximum atomic E-state index is 11.6. The lowest BCUT2D eigenvalue weighted by Crippen LogP contribution is -2.01. The molecule has 0 N–H and O–H groups in total. The zero-order valence-electron chi connectivity index (χ0n) is 11.7. The lowest BCUT2D eigenvalue weighted by atomic mass is 9.97. The first kappa shape index (κ1) is 15.7. The molecule has 0 aromatic heterocycles. The summed E-state index contributed by atoms with van der Waals surface area (Å²) in [7, 11) is 0. The van der Waals surface area contributed by atoms with Gasteiger partial charge in [0.2, 0.25) is 0 Å². The Bertz CT molecular complexity index is 156. The van der Waals surface area contributed by atoms with E-state index in [0.717, 1.165) is 37.5 Å². The SMILES string of the molecule is CCC(C)CCCC(=O)CCCC(C)CC. The summed E-state index contributed by atoms with van der Waals surface area (Å²) >= 11 is 0. The van der Waals surface area contributed by atoms with Gasteiger partial charge >= 0.3 is 0 Å². The lowest BCUT2D eigenvalue weighted by Gasteiger charge is -2.08. The van der Waals surface area contributed by atoms with E-state index in [2.05, 4.69) is 27.7 Å². The Morgan fingerprint density at radius 2 is 1.25 bits per heavy atom. The number of hydrogen-bond acceptors (Lipinski definition) is 1. The van der Waals surface area contributed by atoms with Crippen molar-refractivity contribution < 1.29 is 4.79 Å². The van der Waals surface area contributed by atoms with Crippen LogP contribution in [0.5, 0.6) is 0 Å². The smallest absolute Gasteiger partial charge is 0.132 e. The zero-order chi connectivity index (χ0) is 12.4. The van der Waals surface area contributed by atoms with E-state index >= 15 is 0 Å². The van der Waals surface area contributed by atoms with Crippen LogP contribution in [0.15, 0.2) is 0 Å². The van der Waals surface area contributed by atoms with Gasteiger partial charge in [-0.3, -0.25) is 4.79 Å². The lowest BCUT2D eigenvalue weighted by molar-refractivity contribution is -0.119. The van der Waals surface area contributed by atoms with E-state index in [1.54, 1.807) is 0 Å². The van der Waals surface area contributed by atoms with Crippen molar-refractivity contribution in [1.29, 1.82) is 0 Å². The van der Waals surface area contributed by atoms with Crippen LogP contribution in [0.25, 0.3) is 0 Å². The van der Waals surface area contributed by atoms with Crippen LogP contribution in [-0.4, -0.2) is 5.78 Å². The van der Waals surface area contributed by atoms with E-state index in [4.69, 9.17) is 0 Å². The number of ketones is 1. The van der Waals surface area contributed by atoms with Crippen LogP contribution in [0, 0.1) is 11.8 Å². The van der Waals surface area contributed by atoms with Gasteiger partial charge in [0.05, 0.1) is 0 Å². The van der Waals surface area contributed by atoms with Crippen LogP contribution in [0.1, 0.15) is 79.1 Å². The first-order chi connectivity index (χ1) is 7.60. The molecule has 1 heteroatoms. The van der Waals surface area contributed by atoms with Crippen LogP contribution in [-0.2, 0) is 4.79 Å². The van der Waals surface area contributed by atoms with Gasteiger partial charge in [0.15, 0.2) is 0 Å². The van der Waals surface area contributed by atoms with Gasteiger partial charge in [0.1, 0.15) is 5.78 Å². The summed E-state index contributed by atoms with van der Waals surface area (Å²) in [6.45, 7) is 8.98. The highest BCUT2D eigenvalue weighted by atomic mass is 16.1. The second-order valence-electron chi connectivity index (χ2n) is 5.35. The summed E-state index contributed by atoms with van der Waals surface area (Å²) < 4.78 is 0. The molecule has 0 amide bonds. The number of hydrogen-bond donors (Lipinski definition) is 0. The van der Waals surface area contributed by atoms with E-state index in [1.807, 2.05) is 0 Å². The second-order valence-corrected chi connectivity index (χ2v) is 5.35. The maximum Gasteiger partial charge on any atom is 0.132 e. The van der Waals surface area contributed by atoms with Crippen LogP contribution < -0.4 is 0 Å². The summed E-state index contributed by atoms with van der Waals surface area (Å²) in [4.78, 5) is 11.6. The minimum absolute atomic E-state index is 0.478. The highest BCUT2D eigenvalue weighted by Crippen LogP contribution is 2.14. The molecule has 0 bridgehead atoms. The fraction of sp³-hybridized carbons (Fsp3) is 0.933. The minimum Gasteiger partial charge on any atom is -0.300 e. The number of rotatable bonds is 10. The summed E-state index contributed by atoms with van der Waals surface area (Å²) in [6, 6.07) is 0. The molecule has 0 aliphatic carbocycles. The molecule has 0 rings (SSSR count). The normalized spacial score (nSPS) is 14.8. The zero-order valence-corrected chi connectivity index (χ0v) is 11.7. The van der Waals surface area contributed by atoms with Gasteiger partial charge in [-0.25, -0.2) is 0 Å². The molecule has 0 heterocycles. The summed E-state index contributed by atoms with van der Waals surface area (Å²) in [5.74, 6) is 2.05. The Hall–Kier alpha value is -0.330. The molecular weight excluding hydrogens is 196 g/mol. The third kappa shape index (κ3) is 8.94. The number of carbonyl (C=O) groups excluding carboxylic acids is 1. The fourth-order valence-electron chi connectivity index (χ4n) is 1.83. The monoisotopic (exact) mass is 226 g/mol. The molecule has 0 aliphatic heterocycles. The number of carbonyl (C=O) groups is 1. The Kier molecular flexibility index (Phi) is 9.66. The molecule has 0 saturated carbocycles. The van der Waals surface area contributed by atoms with Crippen LogP contribution in [0.4, 0.5) is 0 Å². The summed E-state index contributed by atoms with van der Waals surface area (Å²) in [5.41, 5.74) is 0. The standard InChI is InChI=1S/C15H30O/c1-5-13(3)9-7-11-15(16)12-8-10-14(4)6-2/h13-14H,5-12H2,1-4H3. The largest absolute Gasteiger partial charge is 0.300 e. The van der Waals surface area contributed by atoms with Crippen LogP contribution in [0.2, 0.25) is 0 Å². The molecule has 1 nitrogen and oxygen atoms in total. The topological polar surface area (TPSA) is 17.1 Å². The highest BCUT2D eigenvalue weighted by Gasteiger charge is 2.05. The van der Waals surface area contributed by atoms with Crippen molar-refractivity contribution in [3.8, 4) is 0 Å². The predicted molar refractivity (Wildman–Crippen MR) is 71.6 cm³/mol. The Morgan fingerprint density at radius 3 is 1.56 bits per heavy atom. The summed E-state index contributed by atoms with van der Waals surface area (Å²) in [6.07, 6.45) is 8.72. The molecule has 2 atom stereocenters. The molecule has 0 fully saturated rings. The maximum absolute atomic E-state index is 11.6. The molecule has 16 heavy (non-hydrogen) atoms. The van der Waals surface area contributed by atoms with E-state index in [9.17, 15) is 4.79 Å². The fourth-order valence-corrected chi connectivity index (χ4v) is 1.83. The predicted octanol–water partition coefficient (Wildman–Crippen LogP) is 4.99. The molecular formula is C15H30O. The van der Waals surface area contributed by atoms with Gasteiger partial charge in [-0.15, -0.1) is 0 Å². The second kappa shape index (κ2) is 9.86. The number of Topliss-reactive ketones (excluding diaryl/α,β-unsaturated/α-hetero) is 1. The van der Waals surface area contributed by atoms with Crippen molar-refractivity contribution in [3.05, 3.63) is 0 Å². The molecule has 0 aromatic carbocycles. The first-order valence-corrected chi connectivity index (χ1v) is 7.11. The van der Waals surface area contributed by atoms with E-state index in [1.165, 1.54) is 25.7 Å². The van der Waals surface area contributed by atoms with Crippen LogP contribution in [0.3, 0.4) is 0 Å². The summed E-state index contributed by atoms with van der Waals surface area (Å²) in [5, 5.41) is 0. The minimum atomic E-state index is 0.478. The molecule has 0 spiro atoms. The quantitative estimate of drug-likeness (QED) is 0.513. The van der Waals surface area contributed by atoms with Crippen molar-refractivity contribution >= 4 is 5.78 Å².